The molecule has 0 bridgehead atoms. The summed E-state index contributed by atoms with van der Waals surface area (Å²) in [6.07, 6.45) is 0.825. The second kappa shape index (κ2) is 13.8. The summed E-state index contributed by atoms with van der Waals surface area (Å²) in [5.74, 6) is 0.863. The average molecular weight is 491 g/mol. The maximum absolute atomic E-state index is 10.8. The normalized spacial score (nSPS) is 15.1. The maximum atomic E-state index is 10.8. The van der Waals surface area contributed by atoms with E-state index in [1.54, 1.807) is 0 Å². The second-order valence-electron chi connectivity index (χ2n) is 8.60. The van der Waals surface area contributed by atoms with E-state index in [0.717, 1.165) is 68.3 Å². The Kier molecular flexibility index (Phi) is 10.9. The summed E-state index contributed by atoms with van der Waals surface area (Å²) < 4.78 is 19.1. The number of nitrogens with zero attached hydrogens (tertiary/aromatic N) is 3. The summed E-state index contributed by atoms with van der Waals surface area (Å²) in [7, 11) is 0. The Balaban J connectivity index is 1.31. The van der Waals surface area contributed by atoms with Gasteiger partial charge in [-0.15, -0.1) is 0 Å². The summed E-state index contributed by atoms with van der Waals surface area (Å²) in [6, 6.07) is 6.60. The van der Waals surface area contributed by atoms with Crippen molar-refractivity contribution >= 4 is 17.9 Å². The zero-order valence-electron chi connectivity index (χ0n) is 20.9. The molecule has 2 heterocycles. The van der Waals surface area contributed by atoms with Crippen LogP contribution in [-0.4, -0.2) is 86.0 Å². The fourth-order valence-corrected chi connectivity index (χ4v) is 4.90. The Morgan fingerprint density at radius 2 is 1.82 bits per heavy atom. The van der Waals surface area contributed by atoms with Crippen molar-refractivity contribution < 1.29 is 18.8 Å². The lowest BCUT2D eigenvalue weighted by atomic mass is 10.0. The Morgan fingerprint density at radius 3 is 2.50 bits per heavy atom. The molecule has 1 amide bonds. The molecular formula is C25H38N4O4S. The van der Waals surface area contributed by atoms with E-state index in [2.05, 4.69) is 44.8 Å². The van der Waals surface area contributed by atoms with Crippen molar-refractivity contribution in [1.82, 2.24) is 19.7 Å². The van der Waals surface area contributed by atoms with E-state index >= 15 is 0 Å². The molecule has 1 saturated heterocycles. The van der Waals surface area contributed by atoms with Gasteiger partial charge < -0.3 is 19.3 Å². The third-order valence-corrected chi connectivity index (χ3v) is 7.09. The number of ether oxygens (including phenoxy) is 2. The highest BCUT2D eigenvalue weighted by Crippen LogP contribution is 2.33. The number of benzene rings is 1. The molecule has 0 saturated carbocycles. The van der Waals surface area contributed by atoms with Crippen LogP contribution in [0.4, 0.5) is 0 Å². The molecule has 1 aliphatic rings. The molecule has 1 N–H and O–H groups in total. The van der Waals surface area contributed by atoms with Crippen molar-refractivity contribution in [2.24, 2.45) is 0 Å². The number of nitrogens with one attached hydrogen (secondary N) is 1. The first kappa shape index (κ1) is 26.7. The first-order valence-electron chi connectivity index (χ1n) is 12.0. The van der Waals surface area contributed by atoms with Crippen LogP contribution >= 0.6 is 11.9 Å². The van der Waals surface area contributed by atoms with E-state index < -0.39 is 0 Å². The number of aryl methyl sites for hydroxylation is 3. The highest BCUT2D eigenvalue weighted by molar-refractivity contribution is 7.97. The number of carbonyl (C=O) groups excluding carboxylic acids is 1. The van der Waals surface area contributed by atoms with Crippen LogP contribution in [0.15, 0.2) is 27.6 Å². The fourth-order valence-electron chi connectivity index (χ4n) is 3.89. The van der Waals surface area contributed by atoms with Crippen LogP contribution in [-0.2, 0) is 14.3 Å². The van der Waals surface area contributed by atoms with Crippen LogP contribution < -0.4 is 5.32 Å². The van der Waals surface area contributed by atoms with Crippen LogP contribution in [0.25, 0.3) is 11.1 Å². The van der Waals surface area contributed by atoms with Gasteiger partial charge in [0.1, 0.15) is 5.76 Å². The van der Waals surface area contributed by atoms with Gasteiger partial charge in [-0.2, -0.15) is 0 Å². The molecule has 8 nitrogen and oxygen atoms in total. The van der Waals surface area contributed by atoms with Gasteiger partial charge in [-0.3, -0.25) is 9.69 Å². The summed E-state index contributed by atoms with van der Waals surface area (Å²) in [4.78, 5) is 14.5. The number of carbonyl (C=O) groups is 1. The third kappa shape index (κ3) is 8.39. The lowest BCUT2D eigenvalue weighted by Gasteiger charge is -2.34. The predicted octanol–water partition coefficient (Wildman–Crippen LogP) is 3.45. The quantitative estimate of drug-likeness (QED) is 0.338. The van der Waals surface area contributed by atoms with E-state index in [1.807, 2.05) is 25.8 Å². The average Bonchev–Trinajstić information content (AvgIpc) is 3.15. The van der Waals surface area contributed by atoms with E-state index in [0.29, 0.717) is 26.4 Å². The summed E-state index contributed by atoms with van der Waals surface area (Å²) in [6.45, 7) is 16.0. The smallest absolute Gasteiger partial charge is 0.216 e. The lowest BCUT2D eigenvalue weighted by Crippen LogP contribution is -2.44. The molecule has 0 radical (unpaired) electrons. The van der Waals surface area contributed by atoms with Crippen LogP contribution in [0.3, 0.4) is 0 Å². The zero-order valence-corrected chi connectivity index (χ0v) is 21.7. The first-order chi connectivity index (χ1) is 16.4. The van der Waals surface area contributed by atoms with E-state index in [4.69, 9.17) is 14.0 Å². The van der Waals surface area contributed by atoms with E-state index in [1.165, 1.54) is 17.4 Å². The minimum Gasteiger partial charge on any atom is -0.379 e. The molecule has 0 atom stereocenters. The molecule has 1 aromatic heterocycles. The molecule has 2 aromatic rings. The van der Waals surface area contributed by atoms with Crippen molar-refractivity contribution in [2.45, 2.75) is 39.0 Å². The van der Waals surface area contributed by atoms with Crippen molar-refractivity contribution in [3.05, 3.63) is 35.2 Å². The molecule has 1 fully saturated rings. The maximum Gasteiger partial charge on any atom is 0.216 e. The molecule has 1 aromatic carbocycles. The lowest BCUT2D eigenvalue weighted by molar-refractivity contribution is -0.119. The number of rotatable bonds is 13. The highest BCUT2D eigenvalue weighted by atomic mass is 32.2. The van der Waals surface area contributed by atoms with Crippen molar-refractivity contribution in [2.75, 3.05) is 65.7 Å². The molecule has 3 rings (SSSR count). The molecule has 188 valence electrons. The van der Waals surface area contributed by atoms with Crippen molar-refractivity contribution in [3.8, 4) is 11.1 Å². The molecular weight excluding hydrogens is 452 g/mol. The largest absolute Gasteiger partial charge is 0.379 e. The van der Waals surface area contributed by atoms with E-state index in [9.17, 15) is 4.79 Å². The number of piperazine rings is 1. The van der Waals surface area contributed by atoms with Crippen LogP contribution in [0.1, 0.15) is 30.4 Å². The van der Waals surface area contributed by atoms with Crippen molar-refractivity contribution in [3.63, 3.8) is 0 Å². The minimum atomic E-state index is 0.000355. The van der Waals surface area contributed by atoms with Gasteiger partial charge in [-0.1, -0.05) is 17.3 Å². The van der Waals surface area contributed by atoms with Crippen LogP contribution in [0.5, 0.6) is 0 Å². The van der Waals surface area contributed by atoms with Gasteiger partial charge in [0.2, 0.25) is 5.91 Å². The van der Waals surface area contributed by atoms with Gasteiger partial charge in [0.05, 0.1) is 25.5 Å². The van der Waals surface area contributed by atoms with Gasteiger partial charge in [0, 0.05) is 63.3 Å². The Hall–Kier alpha value is -1.91. The van der Waals surface area contributed by atoms with Gasteiger partial charge in [-0.25, -0.2) is 4.31 Å². The van der Waals surface area contributed by atoms with E-state index in [-0.39, 0.29) is 5.91 Å². The Bertz CT molecular complexity index is 893. The monoisotopic (exact) mass is 490 g/mol. The molecule has 34 heavy (non-hydrogen) atoms. The van der Waals surface area contributed by atoms with Gasteiger partial charge in [0.15, 0.2) is 0 Å². The van der Waals surface area contributed by atoms with Crippen LogP contribution in [0.2, 0.25) is 0 Å². The number of hydrogen-bond acceptors (Lipinski definition) is 8. The number of aromatic nitrogens is 1. The number of amides is 1. The zero-order chi connectivity index (χ0) is 24.3. The Labute approximate surface area is 207 Å². The van der Waals surface area contributed by atoms with Gasteiger partial charge in [-0.05, 0) is 56.3 Å². The standard InChI is InChI=1S/C25H38N4O4S/c1-19-6-7-23(25-20(2)27-33-21(25)3)18-24(19)34-29-11-9-28(10-12-29)13-15-32-17-16-31-14-5-8-26-22(4)30/h6-7,18H,5,8-17H2,1-4H3,(H,26,30). The topological polar surface area (TPSA) is 80.1 Å². The van der Waals surface area contributed by atoms with Crippen LogP contribution in [0, 0.1) is 20.8 Å². The molecule has 1 aliphatic heterocycles. The molecule has 0 spiro atoms. The Morgan fingerprint density at radius 1 is 1.09 bits per heavy atom. The predicted molar refractivity (Wildman–Crippen MR) is 135 cm³/mol. The summed E-state index contributed by atoms with van der Waals surface area (Å²) in [5, 5.41) is 6.86. The fraction of sp³-hybridized carbons (Fsp3) is 0.600. The molecule has 9 heteroatoms. The third-order valence-electron chi connectivity index (χ3n) is 5.83. The van der Waals surface area contributed by atoms with Gasteiger partial charge >= 0.3 is 0 Å². The first-order valence-corrected chi connectivity index (χ1v) is 12.8. The van der Waals surface area contributed by atoms with Gasteiger partial charge in [0.25, 0.3) is 0 Å². The SMILES string of the molecule is CC(=O)NCCCOCCOCCN1CCN(Sc2cc(-c3c(C)noc3C)ccc2C)CC1. The summed E-state index contributed by atoms with van der Waals surface area (Å²) in [5.41, 5.74) is 4.48. The molecule has 0 unspecified atom stereocenters. The van der Waals surface area contributed by atoms with Crippen molar-refractivity contribution in [1.29, 1.82) is 0 Å². The molecule has 0 aliphatic carbocycles. The second-order valence-corrected chi connectivity index (χ2v) is 9.74. The number of hydrogen-bond donors (Lipinski definition) is 1. The minimum absolute atomic E-state index is 0.000355. The summed E-state index contributed by atoms with van der Waals surface area (Å²) >= 11 is 1.85. The highest BCUT2D eigenvalue weighted by Gasteiger charge is 2.19.